The van der Waals surface area contributed by atoms with Crippen LogP contribution in [0.15, 0.2) is 87.5 Å². The van der Waals surface area contributed by atoms with Crippen molar-refractivity contribution in [3.63, 3.8) is 0 Å². The Labute approximate surface area is 299 Å². The number of Topliss-reactive ketones (excluding diaryl/α,β-unsaturated/α-hetero) is 1. The van der Waals surface area contributed by atoms with E-state index < -0.39 is 56.2 Å². The van der Waals surface area contributed by atoms with E-state index in [2.05, 4.69) is 72.8 Å². The number of carbonyl (C=O) groups is 1. The molecule has 2 bridgehead atoms. The van der Waals surface area contributed by atoms with Gasteiger partial charge in [-0.2, -0.15) is 8.42 Å². The van der Waals surface area contributed by atoms with Crippen molar-refractivity contribution in [2.75, 3.05) is 5.75 Å². The van der Waals surface area contributed by atoms with Crippen LogP contribution in [0.4, 0.5) is 0 Å². The Morgan fingerprint density at radius 3 is 1.24 bits per heavy atom. The Bertz CT molecular complexity index is 1630. The van der Waals surface area contributed by atoms with Gasteiger partial charge in [0.25, 0.3) is 10.1 Å². The zero-order valence-electron chi connectivity index (χ0n) is 31.0. The number of rotatable bonds is 13. The molecule has 12 heteroatoms. The Kier molecular flexibility index (Phi) is 10.1. The molecule has 3 aromatic rings. The summed E-state index contributed by atoms with van der Waals surface area (Å²) in [6, 6.07) is 23.0. The summed E-state index contributed by atoms with van der Waals surface area (Å²) < 4.78 is 55.0. The minimum absolute atomic E-state index is 0.0371. The van der Waals surface area contributed by atoms with Crippen molar-refractivity contribution in [1.82, 2.24) is 0 Å². The first kappa shape index (κ1) is 37.9. The molecule has 2 atom stereocenters. The molecule has 0 amide bonds. The van der Waals surface area contributed by atoms with Crippen molar-refractivity contribution in [1.29, 1.82) is 0 Å². The van der Waals surface area contributed by atoms with Gasteiger partial charge in [0.15, 0.2) is 0 Å². The molecule has 0 radical (unpaired) electrons. The second-order valence-corrected chi connectivity index (χ2v) is 34.8. The van der Waals surface area contributed by atoms with Gasteiger partial charge in [0.1, 0.15) is 23.0 Å². The normalized spacial score (nSPS) is 21.4. The second-order valence-electron chi connectivity index (χ2n) is 17.1. The van der Waals surface area contributed by atoms with Crippen LogP contribution in [0.5, 0.6) is 17.2 Å². The van der Waals surface area contributed by atoms with Gasteiger partial charge in [0, 0.05) is 21.1 Å². The van der Waals surface area contributed by atoms with E-state index in [1.54, 1.807) is 0 Å². The van der Waals surface area contributed by atoms with Crippen LogP contribution in [0.2, 0.25) is 58.9 Å². The summed E-state index contributed by atoms with van der Waals surface area (Å²) >= 11 is 0. The van der Waals surface area contributed by atoms with Crippen molar-refractivity contribution >= 4 is 51.2 Å². The van der Waals surface area contributed by atoms with E-state index in [9.17, 15) is 13.2 Å². The van der Waals surface area contributed by atoms with E-state index in [0.717, 1.165) is 23.7 Å². The van der Waals surface area contributed by atoms with Crippen molar-refractivity contribution in [2.24, 2.45) is 16.7 Å². The van der Waals surface area contributed by atoms with Crippen LogP contribution >= 0.6 is 10.3 Å². The fraction of sp³-hybridized carbons (Fsp3) is 0.486. The number of benzene rings is 3. The van der Waals surface area contributed by atoms with Crippen LogP contribution in [-0.2, 0) is 18.5 Å². The third-order valence-electron chi connectivity index (χ3n) is 9.51. The SMILES string of the molecule is CC1(C)C2CCC1(CS(=O)(=O)OS(c1ccc(O[Si](C)(C)C)cc1)(c1ccc(O[Si](C)(C)C)cc1)c1ccc(O[Si](C)(C)C)cc1)C(=O)C2. The number of carbonyl (C=O) groups excluding carboxylic acids is 1. The lowest BCUT2D eigenvalue weighted by Crippen LogP contribution is -2.42. The molecule has 0 aliphatic heterocycles. The molecule has 2 aliphatic carbocycles. The van der Waals surface area contributed by atoms with Crippen molar-refractivity contribution in [2.45, 2.75) is 107 Å². The lowest BCUT2D eigenvalue weighted by Gasteiger charge is -2.42. The average Bonchev–Trinajstić information content (AvgIpc) is 3.29. The largest absolute Gasteiger partial charge is 0.544 e. The molecule has 2 aliphatic rings. The van der Waals surface area contributed by atoms with Gasteiger partial charge in [0.2, 0.25) is 25.0 Å². The van der Waals surface area contributed by atoms with Gasteiger partial charge < -0.3 is 13.3 Å². The van der Waals surface area contributed by atoms with Crippen molar-refractivity contribution < 1.29 is 30.1 Å². The first-order valence-corrected chi connectivity index (χ1v) is 30.5. The molecule has 0 N–H and O–H groups in total. The van der Waals surface area contributed by atoms with E-state index >= 15 is 0 Å². The third-order valence-corrected chi connectivity index (χ3v) is 17.4. The third kappa shape index (κ3) is 8.09. The highest BCUT2D eigenvalue weighted by molar-refractivity contribution is 8.33. The maximum atomic E-state index is 14.7. The number of ketones is 1. The molecule has 2 saturated carbocycles. The maximum Gasteiger partial charge on any atom is 0.278 e. The summed E-state index contributed by atoms with van der Waals surface area (Å²) in [5.74, 6) is 2.06. The van der Waals surface area contributed by atoms with Gasteiger partial charge >= 0.3 is 0 Å². The summed E-state index contributed by atoms with van der Waals surface area (Å²) in [5.41, 5.74) is -1.40. The quantitative estimate of drug-likeness (QED) is 0.160. The highest BCUT2D eigenvalue weighted by atomic mass is 32.3. The molecule has 0 heterocycles. The van der Waals surface area contributed by atoms with Crippen molar-refractivity contribution in [3.8, 4) is 17.2 Å². The van der Waals surface area contributed by atoms with Crippen LogP contribution < -0.4 is 13.3 Å². The molecule has 0 saturated heterocycles. The van der Waals surface area contributed by atoms with Gasteiger partial charge in [-0.3, -0.25) is 4.79 Å². The molecule has 7 nitrogen and oxygen atoms in total. The zero-order chi connectivity index (χ0) is 36.3. The molecular weight excluding hydrogens is 705 g/mol. The Morgan fingerprint density at radius 2 is 0.980 bits per heavy atom. The molecule has 5 rings (SSSR count). The van der Waals surface area contributed by atoms with E-state index in [4.69, 9.17) is 16.9 Å². The lowest BCUT2D eigenvalue weighted by molar-refractivity contribution is -0.128. The minimum Gasteiger partial charge on any atom is -0.544 e. The summed E-state index contributed by atoms with van der Waals surface area (Å²) in [5, 5.41) is 0. The highest BCUT2D eigenvalue weighted by Gasteiger charge is 2.65. The van der Waals surface area contributed by atoms with E-state index in [0.29, 0.717) is 27.5 Å². The Hall–Kier alpha value is -2.36. The maximum absolute atomic E-state index is 14.7. The highest BCUT2D eigenvalue weighted by Crippen LogP contribution is 2.71. The van der Waals surface area contributed by atoms with Crippen LogP contribution in [-0.4, -0.2) is 44.9 Å². The lowest BCUT2D eigenvalue weighted by atomic mass is 9.70. The predicted molar refractivity (Wildman–Crippen MR) is 207 cm³/mol. The number of fused-ring (bicyclic) bond motifs is 2. The summed E-state index contributed by atoms with van der Waals surface area (Å²) in [6.45, 7) is 23.2. The van der Waals surface area contributed by atoms with Crippen LogP contribution in [0.3, 0.4) is 0 Å². The Morgan fingerprint density at radius 1 is 0.633 bits per heavy atom. The average molecular weight is 759 g/mol. The standard InChI is InChI=1S/C37H54O7S2Si3/c1-36(2)28-24-25-37(36,35(38)26-28)27-45(39,40)44-46(32-18-12-29(13-19-32)41-47(3,4)5,33-20-14-30(15-21-33)42-48(6,7)8)34-22-16-31(17-23-34)43-49(9,10)11/h12-23,28H,24-27H2,1-11H3. The van der Waals surface area contributed by atoms with Crippen LogP contribution in [0, 0.1) is 16.7 Å². The zero-order valence-corrected chi connectivity index (χ0v) is 35.6. The van der Waals surface area contributed by atoms with E-state index in [1.165, 1.54) is 0 Å². The van der Waals surface area contributed by atoms with E-state index in [-0.39, 0.29) is 17.5 Å². The Balaban J connectivity index is 1.70. The van der Waals surface area contributed by atoms with Gasteiger partial charge in [-0.1, -0.05) is 13.8 Å². The molecule has 49 heavy (non-hydrogen) atoms. The van der Waals surface area contributed by atoms with E-state index in [1.807, 2.05) is 72.8 Å². The van der Waals surface area contributed by atoms with Gasteiger partial charge in [-0.15, -0.1) is 0 Å². The topological polar surface area (TPSA) is 88.1 Å². The first-order valence-electron chi connectivity index (χ1n) is 17.1. The fourth-order valence-corrected chi connectivity index (χ4v) is 15.8. The monoisotopic (exact) mass is 758 g/mol. The molecule has 268 valence electrons. The molecule has 0 aromatic heterocycles. The molecule has 2 fully saturated rings. The van der Waals surface area contributed by atoms with Crippen LogP contribution in [0.1, 0.15) is 33.1 Å². The molecule has 2 unspecified atom stereocenters. The smallest absolute Gasteiger partial charge is 0.278 e. The van der Waals surface area contributed by atoms with Crippen molar-refractivity contribution in [3.05, 3.63) is 72.8 Å². The number of hydrogen-bond donors (Lipinski definition) is 0. The first-order chi connectivity index (χ1) is 22.4. The minimum atomic E-state index is -4.29. The second kappa shape index (κ2) is 13.0. The molecule has 0 spiro atoms. The van der Waals surface area contributed by atoms with Gasteiger partial charge in [0.05, 0.1) is 11.2 Å². The fourth-order valence-electron chi connectivity index (χ4n) is 7.27. The molecule has 3 aromatic carbocycles. The summed E-state index contributed by atoms with van der Waals surface area (Å²) in [6.07, 6.45) is 1.83. The van der Waals surface area contributed by atoms with Crippen LogP contribution in [0.25, 0.3) is 0 Å². The predicted octanol–water partition coefficient (Wildman–Crippen LogP) is 10.3. The summed E-state index contributed by atoms with van der Waals surface area (Å²) in [4.78, 5) is 15.6. The van der Waals surface area contributed by atoms with Gasteiger partial charge in [-0.05, 0) is 166 Å². The van der Waals surface area contributed by atoms with Gasteiger partial charge in [-0.25, -0.2) is 3.63 Å². The molecular formula is C37H54O7S2Si3. The number of hydrogen-bond acceptors (Lipinski definition) is 7. The summed E-state index contributed by atoms with van der Waals surface area (Å²) in [7, 11) is -12.9.